The molecule has 29 heavy (non-hydrogen) atoms. The molecule has 148 valence electrons. The van der Waals surface area contributed by atoms with Crippen LogP contribution in [0.4, 0.5) is 13.9 Å². The van der Waals surface area contributed by atoms with E-state index < -0.39 is 29.1 Å². The highest BCUT2D eigenvalue weighted by Gasteiger charge is 2.43. The summed E-state index contributed by atoms with van der Waals surface area (Å²) in [5.74, 6) is -2.98. The lowest BCUT2D eigenvalue weighted by Gasteiger charge is -2.32. The van der Waals surface area contributed by atoms with Crippen LogP contribution in [-0.2, 0) is 16.0 Å². The van der Waals surface area contributed by atoms with Crippen molar-refractivity contribution in [2.45, 2.75) is 25.9 Å². The molecule has 5 nitrogen and oxygen atoms in total. The van der Waals surface area contributed by atoms with Crippen molar-refractivity contribution in [2.24, 2.45) is 0 Å². The van der Waals surface area contributed by atoms with E-state index in [-0.39, 0.29) is 11.6 Å². The van der Waals surface area contributed by atoms with E-state index >= 15 is 0 Å². The number of nitrogens with one attached hydrogen (secondary N) is 1. The Hall–Kier alpha value is -3.13. The second-order valence-corrected chi connectivity index (χ2v) is 8.16. The van der Waals surface area contributed by atoms with Crippen molar-refractivity contribution in [1.29, 1.82) is 0 Å². The molecule has 0 radical (unpaired) electrons. The summed E-state index contributed by atoms with van der Waals surface area (Å²) < 4.78 is 32.2. The molecule has 0 saturated carbocycles. The fourth-order valence-corrected chi connectivity index (χ4v) is 4.08. The molecule has 3 aromatic rings. The lowest BCUT2D eigenvalue weighted by Crippen LogP contribution is -2.48. The SMILES string of the molecule is Cc1sc(NC(=O)[C@]2(C)Cc3ccccc3C(=O)O2)nc1-c1ccc(F)c(F)c1. The summed E-state index contributed by atoms with van der Waals surface area (Å²) in [5.41, 5.74) is 0.651. The van der Waals surface area contributed by atoms with Gasteiger partial charge in [0, 0.05) is 16.9 Å². The predicted octanol–water partition coefficient (Wildman–Crippen LogP) is 4.51. The minimum absolute atomic E-state index is 0.237. The van der Waals surface area contributed by atoms with Gasteiger partial charge >= 0.3 is 5.97 Å². The van der Waals surface area contributed by atoms with Gasteiger partial charge in [0.1, 0.15) is 0 Å². The Kier molecular flexibility index (Phi) is 4.66. The third-order valence-electron chi connectivity index (χ3n) is 4.77. The number of hydrogen-bond acceptors (Lipinski definition) is 5. The van der Waals surface area contributed by atoms with Crippen molar-refractivity contribution in [1.82, 2.24) is 4.98 Å². The van der Waals surface area contributed by atoms with E-state index in [2.05, 4.69) is 10.3 Å². The Morgan fingerprint density at radius 2 is 1.97 bits per heavy atom. The molecule has 1 aromatic heterocycles. The highest BCUT2D eigenvalue weighted by atomic mass is 32.1. The van der Waals surface area contributed by atoms with Gasteiger partial charge in [-0.05, 0) is 43.7 Å². The lowest BCUT2D eigenvalue weighted by molar-refractivity contribution is -0.134. The van der Waals surface area contributed by atoms with Gasteiger partial charge in [-0.3, -0.25) is 10.1 Å². The summed E-state index contributed by atoms with van der Waals surface area (Å²) in [4.78, 5) is 30.2. The molecule has 0 unspecified atom stereocenters. The third kappa shape index (κ3) is 3.51. The van der Waals surface area contributed by atoms with Gasteiger partial charge in [0.2, 0.25) is 0 Å². The maximum Gasteiger partial charge on any atom is 0.339 e. The van der Waals surface area contributed by atoms with Gasteiger partial charge in [-0.1, -0.05) is 18.2 Å². The molecule has 0 fully saturated rings. The van der Waals surface area contributed by atoms with Crippen LogP contribution in [-0.4, -0.2) is 22.5 Å². The number of hydrogen-bond donors (Lipinski definition) is 1. The zero-order chi connectivity index (χ0) is 20.8. The Bertz CT molecular complexity index is 1140. The summed E-state index contributed by atoms with van der Waals surface area (Å²) in [6, 6.07) is 10.5. The number of nitrogens with zero attached hydrogens (tertiary/aromatic N) is 1. The number of carbonyl (C=O) groups excluding carboxylic acids is 2. The minimum Gasteiger partial charge on any atom is -0.445 e. The van der Waals surface area contributed by atoms with Crippen molar-refractivity contribution in [2.75, 3.05) is 5.32 Å². The van der Waals surface area contributed by atoms with E-state index in [1.165, 1.54) is 17.4 Å². The van der Waals surface area contributed by atoms with Crippen molar-refractivity contribution < 1.29 is 23.1 Å². The van der Waals surface area contributed by atoms with Gasteiger partial charge in [0.05, 0.1) is 11.3 Å². The summed E-state index contributed by atoms with van der Waals surface area (Å²) >= 11 is 1.20. The van der Waals surface area contributed by atoms with Gasteiger partial charge in [0.15, 0.2) is 22.4 Å². The number of fused-ring (bicyclic) bond motifs is 1. The fourth-order valence-electron chi connectivity index (χ4n) is 3.25. The molecule has 1 amide bonds. The molecule has 1 atom stereocenters. The number of carbonyl (C=O) groups is 2. The lowest BCUT2D eigenvalue weighted by atomic mass is 9.89. The van der Waals surface area contributed by atoms with E-state index in [0.717, 1.165) is 22.6 Å². The van der Waals surface area contributed by atoms with Crippen LogP contribution >= 0.6 is 11.3 Å². The fraction of sp³-hybridized carbons (Fsp3) is 0.190. The smallest absolute Gasteiger partial charge is 0.339 e. The zero-order valence-electron chi connectivity index (χ0n) is 15.6. The van der Waals surface area contributed by atoms with E-state index in [4.69, 9.17) is 4.74 Å². The third-order valence-corrected chi connectivity index (χ3v) is 5.66. The number of halogens is 2. The number of thiazole rings is 1. The maximum absolute atomic E-state index is 13.5. The average molecular weight is 414 g/mol. The molecule has 2 heterocycles. The van der Waals surface area contributed by atoms with Crippen molar-refractivity contribution in [3.05, 3.63) is 70.1 Å². The first kappa shape index (κ1) is 19.2. The number of esters is 1. The second kappa shape index (κ2) is 7.04. The number of aryl methyl sites for hydroxylation is 1. The molecule has 0 aliphatic carbocycles. The molecule has 2 aromatic carbocycles. The molecule has 1 aliphatic rings. The van der Waals surface area contributed by atoms with Crippen molar-refractivity contribution in [3.63, 3.8) is 0 Å². The van der Waals surface area contributed by atoms with Crippen LogP contribution in [0.2, 0.25) is 0 Å². The van der Waals surface area contributed by atoms with Gasteiger partial charge < -0.3 is 4.74 Å². The van der Waals surface area contributed by atoms with Crippen LogP contribution in [0, 0.1) is 18.6 Å². The number of ether oxygens (including phenoxy) is 1. The average Bonchev–Trinajstić information content (AvgIpc) is 3.04. The molecule has 4 rings (SSSR count). The van der Waals surface area contributed by atoms with E-state index in [9.17, 15) is 18.4 Å². The monoisotopic (exact) mass is 414 g/mol. The van der Waals surface area contributed by atoms with Crippen LogP contribution in [0.3, 0.4) is 0 Å². The Balaban J connectivity index is 1.58. The topological polar surface area (TPSA) is 68.3 Å². The first-order chi connectivity index (χ1) is 13.8. The van der Waals surface area contributed by atoms with E-state index in [1.807, 2.05) is 0 Å². The normalized spacial score (nSPS) is 18.1. The molecule has 1 aliphatic heterocycles. The van der Waals surface area contributed by atoms with Crippen molar-refractivity contribution in [3.8, 4) is 11.3 Å². The molecule has 0 bridgehead atoms. The Morgan fingerprint density at radius 3 is 2.72 bits per heavy atom. The standard InChI is InChI=1S/C21H16F2N2O3S/c1-11-17(12-7-8-15(22)16(23)9-12)24-20(29-11)25-19(27)21(2)10-13-5-3-4-6-14(13)18(26)28-21/h3-9H,10H2,1-2H3,(H,24,25,27)/t21-/m0/s1. The molecule has 0 saturated heterocycles. The largest absolute Gasteiger partial charge is 0.445 e. The minimum atomic E-state index is -1.38. The molecular formula is C21H16F2N2O3S. The van der Waals surface area contributed by atoms with Crippen LogP contribution in [0.5, 0.6) is 0 Å². The van der Waals surface area contributed by atoms with Crippen LogP contribution < -0.4 is 5.32 Å². The first-order valence-corrected chi connectivity index (χ1v) is 9.64. The molecule has 1 N–H and O–H groups in total. The molecule has 0 spiro atoms. The number of aromatic nitrogens is 1. The summed E-state index contributed by atoms with van der Waals surface area (Å²) in [7, 11) is 0. The Labute approximate surface area is 169 Å². The second-order valence-electron chi connectivity index (χ2n) is 6.96. The summed E-state index contributed by atoms with van der Waals surface area (Å²) in [5, 5.41) is 2.96. The van der Waals surface area contributed by atoms with E-state index in [1.54, 1.807) is 38.1 Å². The van der Waals surface area contributed by atoms with E-state index in [0.29, 0.717) is 16.8 Å². The number of rotatable bonds is 3. The molecular weight excluding hydrogens is 398 g/mol. The Morgan fingerprint density at radius 1 is 1.21 bits per heavy atom. The summed E-state index contributed by atoms with van der Waals surface area (Å²) in [6.45, 7) is 3.31. The maximum atomic E-state index is 13.5. The van der Waals surface area contributed by atoms with Gasteiger partial charge in [0.25, 0.3) is 5.91 Å². The summed E-state index contributed by atoms with van der Waals surface area (Å²) in [6.07, 6.45) is 0.237. The first-order valence-electron chi connectivity index (χ1n) is 8.82. The quantitative estimate of drug-likeness (QED) is 0.641. The number of benzene rings is 2. The van der Waals surface area contributed by atoms with Gasteiger partial charge in [-0.2, -0.15) is 0 Å². The number of anilines is 1. The van der Waals surface area contributed by atoms with Crippen LogP contribution in [0.25, 0.3) is 11.3 Å². The highest BCUT2D eigenvalue weighted by molar-refractivity contribution is 7.16. The van der Waals surface area contributed by atoms with Gasteiger partial charge in [-0.15, -0.1) is 11.3 Å². The van der Waals surface area contributed by atoms with Crippen LogP contribution in [0.15, 0.2) is 42.5 Å². The zero-order valence-corrected chi connectivity index (χ0v) is 16.4. The molecule has 8 heteroatoms. The predicted molar refractivity (Wildman–Crippen MR) is 105 cm³/mol. The highest BCUT2D eigenvalue weighted by Crippen LogP contribution is 2.33. The van der Waals surface area contributed by atoms with Gasteiger partial charge in [-0.25, -0.2) is 18.6 Å². The van der Waals surface area contributed by atoms with Crippen LogP contribution in [0.1, 0.15) is 27.7 Å². The number of cyclic esters (lactones) is 1. The number of amides is 1. The van der Waals surface area contributed by atoms with Crippen molar-refractivity contribution >= 4 is 28.3 Å².